The lowest BCUT2D eigenvalue weighted by Crippen LogP contribution is -2.40. The Kier molecular flexibility index (Phi) is 7.89. The summed E-state index contributed by atoms with van der Waals surface area (Å²) in [5, 5.41) is 2.82. The number of methoxy groups -OCH3 is 1. The van der Waals surface area contributed by atoms with Crippen LogP contribution in [0.4, 0.5) is 5.69 Å². The number of anilines is 1. The summed E-state index contributed by atoms with van der Waals surface area (Å²) in [7, 11) is -2.09. The van der Waals surface area contributed by atoms with Gasteiger partial charge in [0, 0.05) is 26.2 Å². The Morgan fingerprint density at radius 2 is 1.81 bits per heavy atom. The highest BCUT2D eigenvalue weighted by Crippen LogP contribution is 2.21. The first-order valence-corrected chi connectivity index (χ1v) is 12.0. The zero-order valence-electron chi connectivity index (χ0n) is 17.9. The predicted molar refractivity (Wildman–Crippen MR) is 120 cm³/mol. The van der Waals surface area contributed by atoms with Crippen LogP contribution in [-0.2, 0) is 32.6 Å². The second-order valence-electron chi connectivity index (χ2n) is 7.45. The van der Waals surface area contributed by atoms with E-state index in [0.717, 1.165) is 49.0 Å². The third-order valence-electron chi connectivity index (χ3n) is 5.04. The first kappa shape index (κ1) is 23.1. The Bertz CT molecular complexity index is 973. The molecule has 1 aliphatic heterocycles. The van der Waals surface area contributed by atoms with Gasteiger partial charge in [-0.1, -0.05) is 24.3 Å². The van der Waals surface area contributed by atoms with Gasteiger partial charge in [-0.3, -0.25) is 14.0 Å². The molecule has 1 saturated heterocycles. The zero-order chi connectivity index (χ0) is 22.3. The zero-order valence-corrected chi connectivity index (χ0v) is 18.7. The average molecular weight is 448 g/mol. The topological polar surface area (TPSA) is 88.2 Å². The van der Waals surface area contributed by atoms with Gasteiger partial charge in [0.25, 0.3) is 0 Å². The highest BCUT2D eigenvalue weighted by atomic mass is 32.2. The van der Waals surface area contributed by atoms with E-state index in [4.69, 9.17) is 9.47 Å². The molecule has 0 aromatic heterocycles. The summed E-state index contributed by atoms with van der Waals surface area (Å²) in [4.78, 5) is 14.8. The van der Waals surface area contributed by atoms with Crippen LogP contribution < -0.4 is 14.4 Å². The molecular formula is C22H29N3O5S. The molecule has 0 radical (unpaired) electrons. The first-order valence-electron chi connectivity index (χ1n) is 10.1. The van der Waals surface area contributed by atoms with Gasteiger partial charge in [-0.15, -0.1) is 0 Å². The molecule has 3 rings (SSSR count). The Labute approximate surface area is 183 Å². The van der Waals surface area contributed by atoms with E-state index >= 15 is 0 Å². The number of benzene rings is 2. The molecule has 0 bridgehead atoms. The first-order chi connectivity index (χ1) is 14.8. The predicted octanol–water partition coefficient (Wildman–Crippen LogP) is 1.61. The SMILES string of the molecule is COc1ccc(N(CC(=O)NCc2cccc(CN3CCOCC3)c2)S(C)(=O)=O)cc1. The molecule has 8 nitrogen and oxygen atoms in total. The van der Waals surface area contributed by atoms with Crippen LogP contribution >= 0.6 is 0 Å². The van der Waals surface area contributed by atoms with Gasteiger partial charge in [0.05, 0.1) is 32.3 Å². The normalized spacial score (nSPS) is 14.8. The van der Waals surface area contributed by atoms with Crippen molar-refractivity contribution in [3.8, 4) is 5.75 Å². The summed E-state index contributed by atoms with van der Waals surface area (Å²) in [6, 6.07) is 14.6. The molecule has 0 unspecified atom stereocenters. The van der Waals surface area contributed by atoms with Crippen molar-refractivity contribution >= 4 is 21.6 Å². The summed E-state index contributed by atoms with van der Waals surface area (Å²) in [6.45, 7) is 4.20. The van der Waals surface area contributed by atoms with E-state index in [0.29, 0.717) is 18.0 Å². The fourth-order valence-corrected chi connectivity index (χ4v) is 4.25. The number of rotatable bonds is 9. The molecule has 0 atom stereocenters. The molecule has 1 N–H and O–H groups in total. The third-order valence-corrected chi connectivity index (χ3v) is 6.18. The van der Waals surface area contributed by atoms with Gasteiger partial charge < -0.3 is 14.8 Å². The van der Waals surface area contributed by atoms with Crippen molar-refractivity contribution in [2.75, 3.05) is 50.5 Å². The number of nitrogens with zero attached hydrogens (tertiary/aromatic N) is 2. The lowest BCUT2D eigenvalue weighted by molar-refractivity contribution is -0.119. The minimum absolute atomic E-state index is 0.293. The van der Waals surface area contributed by atoms with E-state index in [-0.39, 0.29) is 12.5 Å². The summed E-state index contributed by atoms with van der Waals surface area (Å²) in [6.07, 6.45) is 1.08. The minimum Gasteiger partial charge on any atom is -0.497 e. The van der Waals surface area contributed by atoms with Gasteiger partial charge >= 0.3 is 0 Å². The molecule has 1 fully saturated rings. The Balaban J connectivity index is 1.59. The molecule has 0 spiro atoms. The standard InChI is InChI=1S/C22H29N3O5S/c1-29-21-8-6-20(7-9-21)25(31(2,27)28)17-22(26)23-15-18-4-3-5-19(14-18)16-24-10-12-30-13-11-24/h3-9,14H,10-13,15-17H2,1-2H3,(H,23,26). The van der Waals surface area contributed by atoms with Gasteiger partial charge in [0.15, 0.2) is 0 Å². The molecule has 1 amide bonds. The van der Waals surface area contributed by atoms with Crippen molar-refractivity contribution in [1.29, 1.82) is 0 Å². The van der Waals surface area contributed by atoms with Crippen LogP contribution in [0, 0.1) is 0 Å². The second kappa shape index (κ2) is 10.6. The number of morpholine rings is 1. The van der Waals surface area contributed by atoms with Crippen molar-refractivity contribution in [1.82, 2.24) is 10.2 Å². The number of ether oxygens (including phenoxy) is 2. The summed E-state index contributed by atoms with van der Waals surface area (Å²) in [5.41, 5.74) is 2.55. The Hall–Kier alpha value is -2.62. The number of carbonyl (C=O) groups is 1. The van der Waals surface area contributed by atoms with E-state index in [1.54, 1.807) is 24.3 Å². The molecule has 0 aliphatic carbocycles. The number of sulfonamides is 1. The monoisotopic (exact) mass is 447 g/mol. The highest BCUT2D eigenvalue weighted by Gasteiger charge is 2.21. The van der Waals surface area contributed by atoms with Crippen LogP contribution in [0.5, 0.6) is 5.75 Å². The van der Waals surface area contributed by atoms with Crippen LogP contribution in [0.25, 0.3) is 0 Å². The number of hydrogen-bond acceptors (Lipinski definition) is 6. The van der Waals surface area contributed by atoms with Crippen molar-refractivity contribution in [2.45, 2.75) is 13.1 Å². The molecule has 1 heterocycles. The fraction of sp³-hybridized carbons (Fsp3) is 0.409. The maximum absolute atomic E-state index is 12.5. The van der Waals surface area contributed by atoms with E-state index < -0.39 is 10.0 Å². The number of nitrogens with one attached hydrogen (secondary N) is 1. The third kappa shape index (κ3) is 6.95. The lowest BCUT2D eigenvalue weighted by Gasteiger charge is -2.26. The molecule has 2 aromatic carbocycles. The Morgan fingerprint density at radius 1 is 1.13 bits per heavy atom. The van der Waals surface area contributed by atoms with E-state index in [1.165, 1.54) is 12.7 Å². The van der Waals surface area contributed by atoms with Crippen molar-refractivity contribution < 1.29 is 22.7 Å². The van der Waals surface area contributed by atoms with E-state index in [1.807, 2.05) is 12.1 Å². The van der Waals surface area contributed by atoms with Crippen LogP contribution in [0.15, 0.2) is 48.5 Å². The number of hydrogen-bond donors (Lipinski definition) is 1. The molecule has 168 valence electrons. The average Bonchev–Trinajstić information content (AvgIpc) is 2.76. The maximum Gasteiger partial charge on any atom is 0.241 e. The van der Waals surface area contributed by atoms with E-state index in [2.05, 4.69) is 22.3 Å². The Morgan fingerprint density at radius 3 is 2.45 bits per heavy atom. The van der Waals surface area contributed by atoms with Crippen LogP contribution in [-0.4, -0.2) is 65.4 Å². The number of carbonyl (C=O) groups excluding carboxylic acids is 1. The van der Waals surface area contributed by atoms with Crippen molar-refractivity contribution in [2.24, 2.45) is 0 Å². The number of amides is 1. The smallest absolute Gasteiger partial charge is 0.241 e. The van der Waals surface area contributed by atoms with Gasteiger partial charge in [0.1, 0.15) is 12.3 Å². The van der Waals surface area contributed by atoms with Gasteiger partial charge in [0.2, 0.25) is 15.9 Å². The van der Waals surface area contributed by atoms with Gasteiger partial charge in [-0.2, -0.15) is 0 Å². The quantitative estimate of drug-likeness (QED) is 0.628. The molecule has 1 aliphatic rings. The molecule has 9 heteroatoms. The molecule has 0 saturated carbocycles. The summed E-state index contributed by atoms with van der Waals surface area (Å²) >= 11 is 0. The summed E-state index contributed by atoms with van der Waals surface area (Å²) in [5.74, 6) is 0.235. The van der Waals surface area contributed by atoms with Gasteiger partial charge in [-0.25, -0.2) is 8.42 Å². The molecule has 2 aromatic rings. The largest absolute Gasteiger partial charge is 0.497 e. The van der Waals surface area contributed by atoms with Crippen LogP contribution in [0.1, 0.15) is 11.1 Å². The highest BCUT2D eigenvalue weighted by molar-refractivity contribution is 7.92. The lowest BCUT2D eigenvalue weighted by atomic mass is 10.1. The van der Waals surface area contributed by atoms with Crippen molar-refractivity contribution in [3.63, 3.8) is 0 Å². The summed E-state index contributed by atoms with van der Waals surface area (Å²) < 4.78 is 36.0. The second-order valence-corrected chi connectivity index (χ2v) is 9.36. The maximum atomic E-state index is 12.5. The van der Waals surface area contributed by atoms with Crippen molar-refractivity contribution in [3.05, 3.63) is 59.7 Å². The van der Waals surface area contributed by atoms with Gasteiger partial charge in [-0.05, 0) is 35.4 Å². The van der Waals surface area contributed by atoms with Crippen LogP contribution in [0.2, 0.25) is 0 Å². The van der Waals surface area contributed by atoms with E-state index in [9.17, 15) is 13.2 Å². The fourth-order valence-electron chi connectivity index (χ4n) is 3.39. The minimum atomic E-state index is -3.62. The molecular weight excluding hydrogens is 418 g/mol. The van der Waals surface area contributed by atoms with Crippen LogP contribution in [0.3, 0.4) is 0 Å². The molecule has 31 heavy (non-hydrogen) atoms.